The molecular weight excluding hydrogens is 254 g/mol. The number of carbonyl (C=O) groups excluding carboxylic acids is 1. The predicted molar refractivity (Wildman–Crippen MR) is 77.0 cm³/mol. The average Bonchev–Trinajstić information content (AvgIpc) is 2.71. The van der Waals surface area contributed by atoms with Crippen LogP contribution in [0.15, 0.2) is 24.3 Å². The molecule has 4 nitrogen and oxygen atoms in total. The van der Waals surface area contributed by atoms with E-state index in [9.17, 15) is 9.59 Å². The number of rotatable bonds is 3. The van der Waals surface area contributed by atoms with E-state index in [1.807, 2.05) is 4.90 Å². The fraction of sp³-hybridized carbons (Fsp3) is 0.500. The number of carboxylic acids is 1. The molecule has 1 saturated heterocycles. The van der Waals surface area contributed by atoms with E-state index in [1.54, 1.807) is 12.1 Å². The second-order valence-electron chi connectivity index (χ2n) is 5.29. The molecule has 0 aromatic heterocycles. The van der Waals surface area contributed by atoms with Crippen molar-refractivity contribution in [3.05, 3.63) is 35.4 Å². The molecule has 20 heavy (non-hydrogen) atoms. The van der Waals surface area contributed by atoms with Gasteiger partial charge in [0.1, 0.15) is 0 Å². The van der Waals surface area contributed by atoms with E-state index >= 15 is 0 Å². The van der Waals surface area contributed by atoms with E-state index in [0.29, 0.717) is 11.6 Å². The molecule has 0 bridgehead atoms. The summed E-state index contributed by atoms with van der Waals surface area (Å²) in [5.41, 5.74) is 0.791. The zero-order chi connectivity index (χ0) is 14.5. The molecular formula is C16H21NO3. The van der Waals surface area contributed by atoms with Crippen LogP contribution in [0.5, 0.6) is 0 Å². The van der Waals surface area contributed by atoms with Crippen LogP contribution in [0.25, 0.3) is 0 Å². The largest absolute Gasteiger partial charge is 0.478 e. The molecule has 1 atom stereocenters. The Balaban J connectivity index is 2.17. The van der Waals surface area contributed by atoms with Gasteiger partial charge in [0.2, 0.25) is 0 Å². The Hall–Kier alpha value is -1.84. The summed E-state index contributed by atoms with van der Waals surface area (Å²) in [6.45, 7) is 2.92. The SMILES string of the molecule is CCC1CCCCCN1C(=O)c1ccc(C(=O)O)cc1. The maximum atomic E-state index is 12.6. The Bertz CT molecular complexity index is 481. The topological polar surface area (TPSA) is 57.6 Å². The molecule has 108 valence electrons. The van der Waals surface area contributed by atoms with Gasteiger partial charge in [0, 0.05) is 18.2 Å². The Morgan fingerprint density at radius 1 is 1.15 bits per heavy atom. The van der Waals surface area contributed by atoms with Gasteiger partial charge in [-0.2, -0.15) is 0 Å². The lowest BCUT2D eigenvalue weighted by molar-refractivity contribution is 0.0671. The molecule has 1 unspecified atom stereocenters. The monoisotopic (exact) mass is 275 g/mol. The van der Waals surface area contributed by atoms with Gasteiger partial charge < -0.3 is 10.0 Å². The van der Waals surface area contributed by atoms with Crippen molar-refractivity contribution in [1.82, 2.24) is 4.90 Å². The van der Waals surface area contributed by atoms with Crippen molar-refractivity contribution in [2.24, 2.45) is 0 Å². The number of hydrogen-bond donors (Lipinski definition) is 1. The molecule has 1 N–H and O–H groups in total. The van der Waals surface area contributed by atoms with Crippen molar-refractivity contribution < 1.29 is 14.7 Å². The Morgan fingerprint density at radius 3 is 2.40 bits per heavy atom. The minimum Gasteiger partial charge on any atom is -0.478 e. The number of carbonyl (C=O) groups is 2. The molecule has 4 heteroatoms. The first-order valence-electron chi connectivity index (χ1n) is 7.27. The van der Waals surface area contributed by atoms with Gasteiger partial charge in [-0.25, -0.2) is 4.79 Å². The Morgan fingerprint density at radius 2 is 1.80 bits per heavy atom. The van der Waals surface area contributed by atoms with Crippen LogP contribution >= 0.6 is 0 Å². The molecule has 1 aliphatic rings. The summed E-state index contributed by atoms with van der Waals surface area (Å²) in [6.07, 6.45) is 5.45. The van der Waals surface area contributed by atoms with Gasteiger partial charge in [-0.05, 0) is 43.5 Å². The van der Waals surface area contributed by atoms with E-state index < -0.39 is 5.97 Å². The number of nitrogens with zero attached hydrogens (tertiary/aromatic N) is 1. The lowest BCUT2D eigenvalue weighted by atomic mass is 10.1. The summed E-state index contributed by atoms with van der Waals surface area (Å²) in [5.74, 6) is -0.944. The second-order valence-corrected chi connectivity index (χ2v) is 5.29. The third-order valence-electron chi connectivity index (χ3n) is 3.99. The van der Waals surface area contributed by atoms with Gasteiger partial charge in [-0.1, -0.05) is 19.8 Å². The fourth-order valence-electron chi connectivity index (χ4n) is 2.79. The van der Waals surface area contributed by atoms with Gasteiger partial charge in [0.25, 0.3) is 5.91 Å². The highest BCUT2D eigenvalue weighted by Gasteiger charge is 2.24. The quantitative estimate of drug-likeness (QED) is 0.921. The van der Waals surface area contributed by atoms with Crippen molar-refractivity contribution in [2.45, 2.75) is 45.1 Å². The third kappa shape index (κ3) is 3.18. The van der Waals surface area contributed by atoms with Crippen molar-refractivity contribution >= 4 is 11.9 Å². The fourth-order valence-corrected chi connectivity index (χ4v) is 2.79. The highest BCUT2D eigenvalue weighted by atomic mass is 16.4. The smallest absolute Gasteiger partial charge is 0.335 e. The van der Waals surface area contributed by atoms with Crippen LogP contribution < -0.4 is 0 Å². The van der Waals surface area contributed by atoms with E-state index in [2.05, 4.69) is 6.92 Å². The van der Waals surface area contributed by atoms with Crippen LogP contribution in [0.2, 0.25) is 0 Å². The van der Waals surface area contributed by atoms with Crippen molar-refractivity contribution in [3.8, 4) is 0 Å². The van der Waals surface area contributed by atoms with Crippen molar-refractivity contribution in [3.63, 3.8) is 0 Å². The van der Waals surface area contributed by atoms with Crippen LogP contribution in [0, 0.1) is 0 Å². The molecule has 0 radical (unpaired) electrons. The first kappa shape index (κ1) is 14.6. The van der Waals surface area contributed by atoms with Crippen LogP contribution in [0.3, 0.4) is 0 Å². The van der Waals surface area contributed by atoms with Gasteiger partial charge in [-0.15, -0.1) is 0 Å². The third-order valence-corrected chi connectivity index (χ3v) is 3.99. The van der Waals surface area contributed by atoms with Crippen LogP contribution in [0.4, 0.5) is 0 Å². The number of aromatic carboxylic acids is 1. The molecule has 1 fully saturated rings. The molecule has 1 heterocycles. The van der Waals surface area contributed by atoms with Gasteiger partial charge >= 0.3 is 5.97 Å². The summed E-state index contributed by atoms with van der Waals surface area (Å²) < 4.78 is 0. The standard InChI is InChI=1S/C16H21NO3/c1-2-14-6-4-3-5-11-17(14)15(18)12-7-9-13(10-8-12)16(19)20/h7-10,14H,2-6,11H2,1H3,(H,19,20). The molecule has 1 aromatic carbocycles. The molecule has 1 aliphatic heterocycles. The predicted octanol–water partition coefficient (Wildman–Crippen LogP) is 3.18. The lowest BCUT2D eigenvalue weighted by Crippen LogP contribution is -2.39. The van der Waals surface area contributed by atoms with E-state index in [4.69, 9.17) is 5.11 Å². The maximum absolute atomic E-state index is 12.6. The number of amides is 1. The van der Waals surface area contributed by atoms with Crippen molar-refractivity contribution in [2.75, 3.05) is 6.54 Å². The van der Waals surface area contributed by atoms with Crippen LogP contribution in [0.1, 0.15) is 59.7 Å². The summed E-state index contributed by atoms with van der Waals surface area (Å²) in [4.78, 5) is 25.4. The average molecular weight is 275 g/mol. The normalized spacial score (nSPS) is 19.4. The van der Waals surface area contributed by atoms with Gasteiger partial charge in [0.05, 0.1) is 5.56 Å². The molecule has 0 saturated carbocycles. The van der Waals surface area contributed by atoms with Crippen LogP contribution in [-0.2, 0) is 0 Å². The first-order valence-corrected chi connectivity index (χ1v) is 7.27. The summed E-state index contributed by atoms with van der Waals surface area (Å²) in [5, 5.41) is 8.88. The number of benzene rings is 1. The van der Waals surface area contributed by atoms with Crippen molar-refractivity contribution in [1.29, 1.82) is 0 Å². The highest BCUT2D eigenvalue weighted by Crippen LogP contribution is 2.21. The zero-order valence-electron chi connectivity index (χ0n) is 11.8. The lowest BCUT2D eigenvalue weighted by Gasteiger charge is -2.29. The van der Waals surface area contributed by atoms with Gasteiger partial charge in [-0.3, -0.25) is 4.79 Å². The van der Waals surface area contributed by atoms with E-state index in [-0.39, 0.29) is 11.5 Å². The van der Waals surface area contributed by atoms with E-state index in [1.165, 1.54) is 25.0 Å². The summed E-state index contributed by atoms with van der Waals surface area (Å²) in [6, 6.07) is 6.53. The molecule has 2 rings (SSSR count). The zero-order valence-corrected chi connectivity index (χ0v) is 11.8. The summed E-state index contributed by atoms with van der Waals surface area (Å²) in [7, 11) is 0. The molecule has 1 aromatic rings. The maximum Gasteiger partial charge on any atom is 0.335 e. The Kier molecular flexibility index (Phi) is 4.77. The number of hydrogen-bond acceptors (Lipinski definition) is 2. The summed E-state index contributed by atoms with van der Waals surface area (Å²) >= 11 is 0. The van der Waals surface area contributed by atoms with E-state index in [0.717, 1.165) is 25.8 Å². The first-order chi connectivity index (χ1) is 9.63. The molecule has 1 amide bonds. The van der Waals surface area contributed by atoms with Gasteiger partial charge in [0.15, 0.2) is 0 Å². The molecule has 0 spiro atoms. The van der Waals surface area contributed by atoms with Crippen LogP contribution in [-0.4, -0.2) is 34.5 Å². The minimum absolute atomic E-state index is 0.0238. The number of likely N-dealkylation sites (tertiary alicyclic amines) is 1. The minimum atomic E-state index is -0.967. The Labute approximate surface area is 119 Å². The second kappa shape index (κ2) is 6.55. The highest BCUT2D eigenvalue weighted by molar-refractivity contribution is 5.96. The number of carboxylic acid groups (broad SMARTS) is 1. The molecule has 0 aliphatic carbocycles.